The highest BCUT2D eigenvalue weighted by atomic mass is 19.4. The average Bonchev–Trinajstić information content (AvgIpc) is 2.06. The normalized spacial score (nSPS) is 30.6. The minimum Gasteiger partial charge on any atom is -0.330 e. The topological polar surface area (TPSA) is 29.3 Å². The van der Waals surface area contributed by atoms with Crippen molar-refractivity contribution in [3.05, 3.63) is 0 Å². The zero-order valence-corrected chi connectivity index (χ0v) is 8.35. The van der Waals surface area contributed by atoms with Crippen LogP contribution in [0.4, 0.5) is 13.2 Å². The number of rotatable bonds is 2. The second-order valence-electron chi connectivity index (χ2n) is 4.11. The summed E-state index contributed by atoms with van der Waals surface area (Å²) >= 11 is 0. The Bertz CT molecular complexity index is 181. The lowest BCUT2D eigenvalue weighted by Crippen LogP contribution is -2.46. The van der Waals surface area contributed by atoms with Crippen LogP contribution in [0.1, 0.15) is 13.3 Å². The monoisotopic (exact) mass is 210 g/mol. The van der Waals surface area contributed by atoms with Crippen LogP contribution in [0.15, 0.2) is 0 Å². The predicted molar refractivity (Wildman–Crippen MR) is 48.8 cm³/mol. The molecule has 0 bridgehead atoms. The van der Waals surface area contributed by atoms with Gasteiger partial charge in [-0.1, -0.05) is 6.92 Å². The van der Waals surface area contributed by atoms with Gasteiger partial charge in [0.1, 0.15) is 0 Å². The summed E-state index contributed by atoms with van der Waals surface area (Å²) in [6.07, 6.45) is -3.27. The van der Waals surface area contributed by atoms with Crippen molar-refractivity contribution in [3.8, 4) is 0 Å². The van der Waals surface area contributed by atoms with Gasteiger partial charge in [0.2, 0.25) is 0 Å². The molecule has 84 valence electrons. The molecule has 0 saturated carbocycles. The number of nitrogens with two attached hydrogens (primary N) is 1. The van der Waals surface area contributed by atoms with E-state index in [9.17, 15) is 13.2 Å². The molecule has 2 atom stereocenters. The third-order valence-electron chi connectivity index (χ3n) is 2.90. The number of hydrogen-bond acceptors (Lipinski definition) is 2. The molecule has 0 aromatic heterocycles. The molecule has 0 spiro atoms. The van der Waals surface area contributed by atoms with Crippen molar-refractivity contribution >= 4 is 0 Å². The molecular weight excluding hydrogens is 193 g/mol. The molecule has 14 heavy (non-hydrogen) atoms. The quantitative estimate of drug-likeness (QED) is 0.747. The molecule has 1 rings (SSSR count). The second kappa shape index (κ2) is 4.49. The Labute approximate surface area is 82.2 Å². The SMILES string of the molecule is CC1CCN(CC(F)(F)F)CC1CN. The fourth-order valence-corrected chi connectivity index (χ4v) is 1.93. The molecule has 0 aromatic carbocycles. The molecule has 5 heteroatoms. The summed E-state index contributed by atoms with van der Waals surface area (Å²) in [6.45, 7) is 2.77. The second-order valence-corrected chi connectivity index (χ2v) is 4.11. The van der Waals surface area contributed by atoms with Crippen molar-refractivity contribution in [1.29, 1.82) is 0 Å². The van der Waals surface area contributed by atoms with Gasteiger partial charge in [-0.2, -0.15) is 13.2 Å². The predicted octanol–water partition coefficient (Wildman–Crippen LogP) is 1.47. The van der Waals surface area contributed by atoms with Crippen LogP contribution in [0, 0.1) is 11.8 Å². The van der Waals surface area contributed by atoms with E-state index in [1.807, 2.05) is 0 Å². The summed E-state index contributed by atoms with van der Waals surface area (Å²) in [5.41, 5.74) is 5.51. The van der Waals surface area contributed by atoms with E-state index in [-0.39, 0.29) is 5.92 Å². The summed E-state index contributed by atoms with van der Waals surface area (Å²) in [4.78, 5) is 1.46. The van der Waals surface area contributed by atoms with E-state index in [4.69, 9.17) is 5.73 Å². The zero-order valence-electron chi connectivity index (χ0n) is 8.35. The Balaban J connectivity index is 2.43. The molecule has 1 fully saturated rings. The number of piperidine rings is 1. The van der Waals surface area contributed by atoms with Crippen LogP contribution in [-0.4, -0.2) is 37.3 Å². The van der Waals surface area contributed by atoms with Crippen molar-refractivity contribution in [3.63, 3.8) is 0 Å². The molecule has 2 N–H and O–H groups in total. The Morgan fingerprint density at radius 1 is 1.43 bits per heavy atom. The fraction of sp³-hybridized carbons (Fsp3) is 1.00. The zero-order chi connectivity index (χ0) is 10.8. The Morgan fingerprint density at radius 2 is 2.07 bits per heavy atom. The van der Waals surface area contributed by atoms with Gasteiger partial charge in [-0.15, -0.1) is 0 Å². The van der Waals surface area contributed by atoms with Gasteiger partial charge in [-0.3, -0.25) is 4.90 Å². The summed E-state index contributed by atoms with van der Waals surface area (Å²) in [7, 11) is 0. The molecule has 0 aliphatic carbocycles. The first kappa shape index (κ1) is 11.8. The van der Waals surface area contributed by atoms with Crippen LogP contribution in [0.5, 0.6) is 0 Å². The van der Waals surface area contributed by atoms with Crippen LogP contribution in [-0.2, 0) is 0 Å². The summed E-state index contributed by atoms with van der Waals surface area (Å²) in [6, 6.07) is 0. The molecule has 2 unspecified atom stereocenters. The Kier molecular flexibility index (Phi) is 3.78. The smallest absolute Gasteiger partial charge is 0.330 e. The highest BCUT2D eigenvalue weighted by Crippen LogP contribution is 2.25. The van der Waals surface area contributed by atoms with Crippen LogP contribution in [0.2, 0.25) is 0 Å². The van der Waals surface area contributed by atoms with E-state index in [1.165, 1.54) is 4.90 Å². The van der Waals surface area contributed by atoms with Crippen molar-refractivity contribution < 1.29 is 13.2 Å². The van der Waals surface area contributed by atoms with Crippen LogP contribution < -0.4 is 5.73 Å². The number of halogens is 3. The van der Waals surface area contributed by atoms with Crippen molar-refractivity contribution in [2.75, 3.05) is 26.2 Å². The number of likely N-dealkylation sites (tertiary alicyclic amines) is 1. The van der Waals surface area contributed by atoms with E-state index >= 15 is 0 Å². The average molecular weight is 210 g/mol. The number of nitrogens with zero attached hydrogens (tertiary/aromatic N) is 1. The van der Waals surface area contributed by atoms with Gasteiger partial charge >= 0.3 is 6.18 Å². The summed E-state index contributed by atoms with van der Waals surface area (Å²) < 4.78 is 36.3. The number of hydrogen-bond donors (Lipinski definition) is 1. The van der Waals surface area contributed by atoms with Gasteiger partial charge in [-0.25, -0.2) is 0 Å². The standard InChI is InChI=1S/C9H17F3N2/c1-7-2-3-14(5-8(7)4-13)6-9(10,11)12/h7-8H,2-6,13H2,1H3. The van der Waals surface area contributed by atoms with E-state index in [2.05, 4.69) is 6.92 Å². The van der Waals surface area contributed by atoms with Crippen LogP contribution in [0.3, 0.4) is 0 Å². The molecule has 1 heterocycles. The largest absolute Gasteiger partial charge is 0.401 e. The third-order valence-corrected chi connectivity index (χ3v) is 2.90. The lowest BCUT2D eigenvalue weighted by Gasteiger charge is -2.36. The molecular formula is C9H17F3N2. The van der Waals surface area contributed by atoms with Gasteiger partial charge in [0.15, 0.2) is 0 Å². The van der Waals surface area contributed by atoms with Gasteiger partial charge in [0, 0.05) is 6.54 Å². The van der Waals surface area contributed by atoms with Gasteiger partial charge in [0.25, 0.3) is 0 Å². The minimum absolute atomic E-state index is 0.214. The maximum Gasteiger partial charge on any atom is 0.401 e. The third kappa shape index (κ3) is 3.46. The molecule has 1 aliphatic rings. The van der Waals surface area contributed by atoms with Gasteiger partial charge in [-0.05, 0) is 31.3 Å². The van der Waals surface area contributed by atoms with E-state index in [0.717, 1.165) is 6.42 Å². The Hall–Kier alpha value is -0.290. The number of alkyl halides is 3. The lowest BCUT2D eigenvalue weighted by molar-refractivity contribution is -0.150. The first-order valence-electron chi connectivity index (χ1n) is 4.91. The molecule has 0 radical (unpaired) electrons. The van der Waals surface area contributed by atoms with Crippen LogP contribution >= 0.6 is 0 Å². The van der Waals surface area contributed by atoms with E-state index in [0.29, 0.717) is 25.6 Å². The van der Waals surface area contributed by atoms with Gasteiger partial charge < -0.3 is 5.73 Å². The highest BCUT2D eigenvalue weighted by Gasteiger charge is 2.34. The van der Waals surface area contributed by atoms with Crippen LogP contribution in [0.25, 0.3) is 0 Å². The van der Waals surface area contributed by atoms with E-state index < -0.39 is 12.7 Å². The Morgan fingerprint density at radius 3 is 2.57 bits per heavy atom. The molecule has 1 aliphatic heterocycles. The maximum absolute atomic E-state index is 12.1. The maximum atomic E-state index is 12.1. The first-order valence-corrected chi connectivity index (χ1v) is 4.91. The summed E-state index contributed by atoms with van der Waals surface area (Å²) in [5, 5.41) is 0. The molecule has 0 amide bonds. The van der Waals surface area contributed by atoms with Crippen molar-refractivity contribution in [2.45, 2.75) is 19.5 Å². The summed E-state index contributed by atoms with van der Waals surface area (Å²) in [5.74, 6) is 0.663. The van der Waals surface area contributed by atoms with E-state index in [1.54, 1.807) is 0 Å². The fourth-order valence-electron chi connectivity index (χ4n) is 1.93. The molecule has 1 saturated heterocycles. The van der Waals surface area contributed by atoms with Gasteiger partial charge in [0.05, 0.1) is 6.54 Å². The lowest BCUT2D eigenvalue weighted by atomic mass is 9.87. The molecule has 0 aromatic rings. The first-order chi connectivity index (χ1) is 6.42. The van der Waals surface area contributed by atoms with Crippen molar-refractivity contribution in [2.24, 2.45) is 17.6 Å². The highest BCUT2D eigenvalue weighted by molar-refractivity contribution is 4.79. The minimum atomic E-state index is -4.08. The van der Waals surface area contributed by atoms with Crippen molar-refractivity contribution in [1.82, 2.24) is 4.90 Å². The molecule has 2 nitrogen and oxygen atoms in total.